The molecule has 2 aromatic rings. The molecule has 0 bridgehead atoms. The maximum Gasteiger partial charge on any atom is 0.341 e. The van der Waals surface area contributed by atoms with Crippen molar-refractivity contribution in [2.75, 3.05) is 19.8 Å². The number of carbonyl (C=O) groups is 2. The number of fused-ring (bicyclic) bond motifs is 1. The first-order valence-electron chi connectivity index (χ1n) is 8.64. The van der Waals surface area contributed by atoms with Gasteiger partial charge in [-0.1, -0.05) is 18.2 Å². The Labute approximate surface area is 156 Å². The van der Waals surface area contributed by atoms with E-state index in [0.717, 1.165) is 11.1 Å². The van der Waals surface area contributed by atoms with Crippen molar-refractivity contribution >= 4 is 11.9 Å². The van der Waals surface area contributed by atoms with Crippen LogP contribution in [0.2, 0.25) is 0 Å². The van der Waals surface area contributed by atoms with Crippen molar-refractivity contribution in [2.45, 2.75) is 19.4 Å². The molecule has 0 spiro atoms. The molecule has 0 saturated heterocycles. The molecule has 142 valence electrons. The second kappa shape index (κ2) is 8.44. The summed E-state index contributed by atoms with van der Waals surface area (Å²) in [5.41, 5.74) is 1.74. The third-order valence-corrected chi connectivity index (χ3v) is 4.09. The number of rotatable bonds is 7. The van der Waals surface area contributed by atoms with Crippen LogP contribution in [-0.4, -0.2) is 36.8 Å². The summed E-state index contributed by atoms with van der Waals surface area (Å²) in [6.45, 7) is 2.53. The van der Waals surface area contributed by atoms with E-state index in [1.807, 2.05) is 25.1 Å². The molecule has 1 amide bonds. The van der Waals surface area contributed by atoms with Gasteiger partial charge in [0.1, 0.15) is 19.0 Å². The summed E-state index contributed by atoms with van der Waals surface area (Å²) in [6.07, 6.45) is 0.237. The predicted molar refractivity (Wildman–Crippen MR) is 97.3 cm³/mol. The standard InChI is InChI=1S/C20H21NO6/c1-13(15-3-5-16(6-4-15)27-12-20(23)24)21-19(22)11-14-2-7-17-18(10-14)26-9-8-25-17/h2-7,10,13H,8-9,11-12H2,1H3,(H,21,22)(H,23,24). The summed E-state index contributed by atoms with van der Waals surface area (Å²) in [5.74, 6) is 0.695. The van der Waals surface area contributed by atoms with E-state index < -0.39 is 5.97 Å². The van der Waals surface area contributed by atoms with Gasteiger partial charge in [-0.15, -0.1) is 0 Å². The van der Waals surface area contributed by atoms with E-state index in [0.29, 0.717) is 30.5 Å². The lowest BCUT2D eigenvalue weighted by molar-refractivity contribution is -0.139. The lowest BCUT2D eigenvalue weighted by atomic mass is 10.1. The van der Waals surface area contributed by atoms with Crippen LogP contribution in [0, 0.1) is 0 Å². The molecule has 7 heteroatoms. The fraction of sp³-hybridized carbons (Fsp3) is 0.300. The van der Waals surface area contributed by atoms with Crippen LogP contribution in [0.3, 0.4) is 0 Å². The molecule has 0 aromatic heterocycles. The van der Waals surface area contributed by atoms with E-state index >= 15 is 0 Å². The Balaban J connectivity index is 1.55. The van der Waals surface area contributed by atoms with Gasteiger partial charge in [-0.3, -0.25) is 4.79 Å². The third kappa shape index (κ3) is 5.13. The molecule has 1 atom stereocenters. The van der Waals surface area contributed by atoms with Crippen LogP contribution in [0.1, 0.15) is 24.1 Å². The smallest absolute Gasteiger partial charge is 0.341 e. The van der Waals surface area contributed by atoms with Gasteiger partial charge in [0.05, 0.1) is 12.5 Å². The number of carbonyl (C=O) groups excluding carboxylic acids is 1. The lowest BCUT2D eigenvalue weighted by Crippen LogP contribution is -2.28. The second-order valence-electron chi connectivity index (χ2n) is 6.20. The third-order valence-electron chi connectivity index (χ3n) is 4.09. The number of carboxylic acids is 1. The molecule has 1 aliphatic rings. The summed E-state index contributed by atoms with van der Waals surface area (Å²) in [4.78, 5) is 22.8. The minimum absolute atomic E-state index is 0.106. The van der Waals surface area contributed by atoms with Crippen molar-refractivity contribution < 1.29 is 28.9 Å². The Morgan fingerprint density at radius 3 is 2.52 bits per heavy atom. The fourth-order valence-corrected chi connectivity index (χ4v) is 2.76. The van der Waals surface area contributed by atoms with Gasteiger partial charge in [0.25, 0.3) is 0 Å². The van der Waals surface area contributed by atoms with Gasteiger partial charge in [-0.05, 0) is 42.3 Å². The summed E-state index contributed by atoms with van der Waals surface area (Å²) >= 11 is 0. The molecule has 0 fully saturated rings. The molecule has 0 radical (unpaired) electrons. The largest absolute Gasteiger partial charge is 0.486 e. The van der Waals surface area contributed by atoms with Crippen LogP contribution in [0.5, 0.6) is 17.2 Å². The molecule has 27 heavy (non-hydrogen) atoms. The average Bonchev–Trinajstić information content (AvgIpc) is 2.66. The summed E-state index contributed by atoms with van der Waals surface area (Å²) in [7, 11) is 0. The van der Waals surface area contributed by atoms with Crippen molar-refractivity contribution in [3.63, 3.8) is 0 Å². The summed E-state index contributed by atoms with van der Waals surface area (Å²) in [5, 5.41) is 11.6. The maximum atomic E-state index is 12.3. The molecule has 7 nitrogen and oxygen atoms in total. The Hall–Kier alpha value is -3.22. The molecule has 3 rings (SSSR count). The Morgan fingerprint density at radius 1 is 1.11 bits per heavy atom. The van der Waals surface area contributed by atoms with Gasteiger partial charge in [0.2, 0.25) is 5.91 Å². The van der Waals surface area contributed by atoms with Crippen molar-refractivity contribution in [1.82, 2.24) is 5.32 Å². The SMILES string of the molecule is CC(NC(=O)Cc1ccc2c(c1)OCCO2)c1ccc(OCC(=O)O)cc1. The number of hydrogen-bond donors (Lipinski definition) is 2. The predicted octanol–water partition coefficient (Wildman–Crippen LogP) is 2.34. The van der Waals surface area contributed by atoms with E-state index in [9.17, 15) is 9.59 Å². The Kier molecular flexibility index (Phi) is 5.80. The second-order valence-corrected chi connectivity index (χ2v) is 6.20. The average molecular weight is 371 g/mol. The first-order valence-corrected chi connectivity index (χ1v) is 8.64. The minimum Gasteiger partial charge on any atom is -0.486 e. The van der Waals surface area contributed by atoms with Crippen LogP contribution in [0.15, 0.2) is 42.5 Å². The number of benzene rings is 2. The van der Waals surface area contributed by atoms with Crippen LogP contribution < -0.4 is 19.5 Å². The van der Waals surface area contributed by atoms with Gasteiger partial charge >= 0.3 is 5.97 Å². The van der Waals surface area contributed by atoms with E-state index in [1.54, 1.807) is 24.3 Å². The van der Waals surface area contributed by atoms with Crippen LogP contribution in [-0.2, 0) is 16.0 Å². The van der Waals surface area contributed by atoms with Crippen LogP contribution in [0.25, 0.3) is 0 Å². The van der Waals surface area contributed by atoms with Gasteiger partial charge in [-0.25, -0.2) is 4.79 Å². The highest BCUT2D eigenvalue weighted by Gasteiger charge is 2.15. The van der Waals surface area contributed by atoms with Crippen molar-refractivity contribution in [1.29, 1.82) is 0 Å². The molecule has 2 aromatic carbocycles. The molecule has 1 unspecified atom stereocenters. The van der Waals surface area contributed by atoms with Crippen molar-refractivity contribution in [3.8, 4) is 17.2 Å². The normalized spacial score (nSPS) is 13.5. The zero-order valence-corrected chi connectivity index (χ0v) is 14.9. The quantitative estimate of drug-likeness (QED) is 0.776. The van der Waals surface area contributed by atoms with E-state index in [2.05, 4.69) is 5.32 Å². The number of amides is 1. The van der Waals surface area contributed by atoms with E-state index in [1.165, 1.54) is 0 Å². The van der Waals surface area contributed by atoms with Crippen LogP contribution >= 0.6 is 0 Å². The highest BCUT2D eigenvalue weighted by Crippen LogP contribution is 2.30. The van der Waals surface area contributed by atoms with Crippen LogP contribution in [0.4, 0.5) is 0 Å². The zero-order chi connectivity index (χ0) is 19.2. The topological polar surface area (TPSA) is 94.1 Å². The monoisotopic (exact) mass is 371 g/mol. The number of carboxylic acid groups (broad SMARTS) is 1. The van der Waals surface area contributed by atoms with Gasteiger partial charge in [0.15, 0.2) is 18.1 Å². The van der Waals surface area contributed by atoms with Gasteiger partial charge < -0.3 is 24.6 Å². The summed E-state index contributed by atoms with van der Waals surface area (Å²) < 4.78 is 16.1. The minimum atomic E-state index is -1.03. The number of aliphatic carboxylic acids is 1. The molecule has 0 aliphatic carbocycles. The zero-order valence-electron chi connectivity index (χ0n) is 14.9. The molecule has 2 N–H and O–H groups in total. The molecule has 1 aliphatic heterocycles. The highest BCUT2D eigenvalue weighted by atomic mass is 16.6. The van der Waals surface area contributed by atoms with Gasteiger partial charge in [0, 0.05) is 0 Å². The molecular weight excluding hydrogens is 350 g/mol. The number of nitrogens with one attached hydrogen (secondary N) is 1. The van der Waals surface area contributed by atoms with Crippen molar-refractivity contribution in [3.05, 3.63) is 53.6 Å². The number of hydrogen-bond acceptors (Lipinski definition) is 5. The Morgan fingerprint density at radius 2 is 1.81 bits per heavy atom. The lowest BCUT2D eigenvalue weighted by Gasteiger charge is -2.19. The first kappa shape index (κ1) is 18.6. The van der Waals surface area contributed by atoms with Crippen molar-refractivity contribution in [2.24, 2.45) is 0 Å². The van der Waals surface area contributed by atoms with Gasteiger partial charge in [-0.2, -0.15) is 0 Å². The first-order chi connectivity index (χ1) is 13.0. The molecule has 0 saturated carbocycles. The molecular formula is C20H21NO6. The maximum absolute atomic E-state index is 12.3. The fourth-order valence-electron chi connectivity index (χ4n) is 2.76. The Bertz CT molecular complexity index is 818. The molecule has 1 heterocycles. The summed E-state index contributed by atoms with van der Waals surface area (Å²) in [6, 6.07) is 12.3. The van der Waals surface area contributed by atoms with E-state index in [-0.39, 0.29) is 25.0 Å². The number of ether oxygens (including phenoxy) is 3. The highest BCUT2D eigenvalue weighted by molar-refractivity contribution is 5.79. The van der Waals surface area contributed by atoms with E-state index in [4.69, 9.17) is 19.3 Å².